The number of hydrogen-bond donors (Lipinski definition) is 2. The molecule has 2 amide bonds. The molecule has 0 spiro atoms. The minimum Gasteiger partial charge on any atom is -0.351 e. The minimum absolute atomic E-state index is 0.254. The summed E-state index contributed by atoms with van der Waals surface area (Å²) in [4.78, 5) is 24.6. The Bertz CT molecular complexity index is 726. The summed E-state index contributed by atoms with van der Waals surface area (Å²) in [7, 11) is 0. The van der Waals surface area contributed by atoms with E-state index in [0.717, 1.165) is 17.7 Å². The maximum atomic E-state index is 13.6. The molecular weight excluding hydrogens is 314 g/mol. The lowest BCUT2D eigenvalue weighted by Crippen LogP contribution is -2.45. The van der Waals surface area contributed by atoms with Crippen LogP contribution in [0.3, 0.4) is 0 Å². The Morgan fingerprint density at radius 3 is 2.08 bits per heavy atom. The average Bonchev–Trinajstić information content (AvgIpc) is 2.56. The third-order valence-corrected chi connectivity index (χ3v) is 3.63. The fourth-order valence-electron chi connectivity index (χ4n) is 1.99. The van der Waals surface area contributed by atoms with Crippen molar-refractivity contribution in [1.29, 1.82) is 0 Å². The van der Waals surface area contributed by atoms with Crippen molar-refractivity contribution >= 4 is 17.5 Å². The molecule has 0 radical (unpaired) electrons. The second-order valence-corrected chi connectivity index (χ2v) is 5.84. The number of halogens is 2. The molecule has 0 aliphatic heterocycles. The summed E-state index contributed by atoms with van der Waals surface area (Å²) < 4.78 is 27.2. The number of hydrogen-bond acceptors (Lipinski definition) is 2. The first-order chi connectivity index (χ1) is 11.3. The zero-order valence-electron chi connectivity index (χ0n) is 13.4. The van der Waals surface area contributed by atoms with Gasteiger partial charge in [0.25, 0.3) is 0 Å². The first-order valence-corrected chi connectivity index (χ1v) is 7.40. The van der Waals surface area contributed by atoms with Gasteiger partial charge in [-0.1, -0.05) is 36.4 Å². The topological polar surface area (TPSA) is 58.2 Å². The summed E-state index contributed by atoms with van der Waals surface area (Å²) in [5.41, 5.74) is -1.18. The molecule has 2 rings (SSSR count). The molecule has 0 aliphatic rings. The lowest BCUT2D eigenvalue weighted by molar-refractivity contribution is -0.138. The van der Waals surface area contributed by atoms with Crippen LogP contribution in [0, 0.1) is 17.0 Å². The van der Waals surface area contributed by atoms with Crippen LogP contribution < -0.4 is 10.6 Å². The van der Waals surface area contributed by atoms with E-state index >= 15 is 0 Å². The van der Waals surface area contributed by atoms with E-state index in [4.69, 9.17) is 0 Å². The van der Waals surface area contributed by atoms with Crippen LogP contribution in [0.4, 0.5) is 14.5 Å². The zero-order chi connectivity index (χ0) is 17.7. The molecule has 6 heteroatoms. The van der Waals surface area contributed by atoms with Gasteiger partial charge in [-0.25, -0.2) is 8.78 Å². The number of anilines is 1. The molecule has 126 valence electrons. The molecule has 2 N–H and O–H groups in total. The second kappa shape index (κ2) is 7.21. The molecule has 2 aromatic carbocycles. The molecule has 0 saturated heterocycles. The van der Waals surface area contributed by atoms with Gasteiger partial charge in [0.1, 0.15) is 22.7 Å². The van der Waals surface area contributed by atoms with Crippen LogP contribution in [0.15, 0.2) is 48.5 Å². The van der Waals surface area contributed by atoms with Crippen molar-refractivity contribution in [3.8, 4) is 0 Å². The summed E-state index contributed by atoms with van der Waals surface area (Å²) in [5.74, 6) is -3.13. The van der Waals surface area contributed by atoms with E-state index in [1.807, 2.05) is 30.3 Å². The van der Waals surface area contributed by atoms with Crippen molar-refractivity contribution in [3.05, 3.63) is 65.7 Å². The Kier molecular flexibility index (Phi) is 5.28. The maximum absolute atomic E-state index is 13.6. The van der Waals surface area contributed by atoms with E-state index in [2.05, 4.69) is 10.6 Å². The van der Waals surface area contributed by atoms with E-state index in [1.165, 1.54) is 19.9 Å². The largest absolute Gasteiger partial charge is 0.351 e. The Morgan fingerprint density at radius 1 is 0.917 bits per heavy atom. The van der Waals surface area contributed by atoms with E-state index in [9.17, 15) is 18.4 Å². The van der Waals surface area contributed by atoms with Gasteiger partial charge in [0.15, 0.2) is 0 Å². The number of rotatable bonds is 5. The Hall–Kier alpha value is -2.76. The Morgan fingerprint density at radius 2 is 1.50 bits per heavy atom. The molecule has 4 nitrogen and oxygen atoms in total. The standard InChI is InChI=1S/C18H18F2N2O2/c1-18(2,16(23)21-11-12-7-4-3-5-8-12)17(24)22-15-13(19)9-6-10-14(15)20/h3-10H,11H2,1-2H3,(H,21,23)(H,22,24). The fourth-order valence-corrected chi connectivity index (χ4v) is 1.99. The molecule has 0 saturated carbocycles. The highest BCUT2D eigenvalue weighted by Crippen LogP contribution is 2.23. The third kappa shape index (κ3) is 3.95. The summed E-state index contributed by atoms with van der Waals surface area (Å²) in [6, 6.07) is 12.4. The molecule has 24 heavy (non-hydrogen) atoms. The molecule has 0 fully saturated rings. The van der Waals surface area contributed by atoms with Crippen molar-refractivity contribution < 1.29 is 18.4 Å². The van der Waals surface area contributed by atoms with Crippen molar-refractivity contribution in [1.82, 2.24) is 5.32 Å². The SMILES string of the molecule is CC(C)(C(=O)NCc1ccccc1)C(=O)Nc1c(F)cccc1F. The normalized spacial score (nSPS) is 11.0. The van der Waals surface area contributed by atoms with Crippen LogP contribution in [-0.2, 0) is 16.1 Å². The van der Waals surface area contributed by atoms with Crippen LogP contribution >= 0.6 is 0 Å². The summed E-state index contributed by atoms with van der Waals surface area (Å²) in [5, 5.41) is 4.80. The lowest BCUT2D eigenvalue weighted by Gasteiger charge is -2.23. The number of carbonyl (C=O) groups is 2. The molecule has 0 bridgehead atoms. The first-order valence-electron chi connectivity index (χ1n) is 7.40. The average molecular weight is 332 g/mol. The van der Waals surface area contributed by atoms with Crippen LogP contribution in [0.5, 0.6) is 0 Å². The maximum Gasteiger partial charge on any atom is 0.239 e. The number of benzene rings is 2. The first kappa shape index (κ1) is 17.6. The molecule has 0 aliphatic carbocycles. The van der Waals surface area contributed by atoms with Gasteiger partial charge in [0.2, 0.25) is 11.8 Å². The summed E-state index contributed by atoms with van der Waals surface area (Å²) in [6.45, 7) is 3.03. The number of carbonyl (C=O) groups excluding carboxylic acids is 2. The number of para-hydroxylation sites is 1. The van der Waals surface area contributed by atoms with Crippen molar-refractivity contribution in [2.45, 2.75) is 20.4 Å². The van der Waals surface area contributed by atoms with E-state index in [0.29, 0.717) is 0 Å². The van der Waals surface area contributed by atoms with E-state index in [-0.39, 0.29) is 6.54 Å². The minimum atomic E-state index is -1.50. The van der Waals surface area contributed by atoms with Crippen molar-refractivity contribution in [3.63, 3.8) is 0 Å². The predicted molar refractivity (Wildman–Crippen MR) is 87.1 cm³/mol. The van der Waals surface area contributed by atoms with E-state index < -0.39 is 34.6 Å². The van der Waals surface area contributed by atoms with Crippen LogP contribution in [-0.4, -0.2) is 11.8 Å². The fraction of sp³-hybridized carbons (Fsp3) is 0.222. The molecule has 0 heterocycles. The highest BCUT2D eigenvalue weighted by molar-refractivity contribution is 6.09. The monoisotopic (exact) mass is 332 g/mol. The van der Waals surface area contributed by atoms with Gasteiger partial charge in [-0.3, -0.25) is 9.59 Å². The Labute approximate surface area is 138 Å². The summed E-state index contributed by atoms with van der Waals surface area (Å²) >= 11 is 0. The number of nitrogens with one attached hydrogen (secondary N) is 2. The zero-order valence-corrected chi connectivity index (χ0v) is 13.4. The van der Waals surface area contributed by atoms with Crippen LogP contribution in [0.2, 0.25) is 0 Å². The number of amides is 2. The van der Waals surface area contributed by atoms with Gasteiger partial charge >= 0.3 is 0 Å². The van der Waals surface area contributed by atoms with Gasteiger partial charge in [0, 0.05) is 6.54 Å². The third-order valence-electron chi connectivity index (χ3n) is 3.63. The highest BCUT2D eigenvalue weighted by Gasteiger charge is 2.36. The van der Waals surface area contributed by atoms with Gasteiger partial charge < -0.3 is 10.6 Å². The molecule has 0 unspecified atom stereocenters. The molecule has 0 atom stereocenters. The van der Waals surface area contributed by atoms with Crippen molar-refractivity contribution in [2.75, 3.05) is 5.32 Å². The van der Waals surface area contributed by atoms with Crippen LogP contribution in [0.1, 0.15) is 19.4 Å². The highest BCUT2D eigenvalue weighted by atomic mass is 19.1. The Balaban J connectivity index is 2.05. The van der Waals surface area contributed by atoms with Gasteiger partial charge in [-0.05, 0) is 31.5 Å². The van der Waals surface area contributed by atoms with Gasteiger partial charge in [-0.2, -0.15) is 0 Å². The summed E-state index contributed by atoms with van der Waals surface area (Å²) in [6.07, 6.45) is 0. The van der Waals surface area contributed by atoms with Gasteiger partial charge in [-0.15, -0.1) is 0 Å². The quantitative estimate of drug-likeness (QED) is 0.826. The predicted octanol–water partition coefficient (Wildman–Crippen LogP) is 3.25. The van der Waals surface area contributed by atoms with Gasteiger partial charge in [0.05, 0.1) is 0 Å². The second-order valence-electron chi connectivity index (χ2n) is 5.84. The van der Waals surface area contributed by atoms with Crippen LogP contribution in [0.25, 0.3) is 0 Å². The molecule has 0 aromatic heterocycles. The molecular formula is C18H18F2N2O2. The lowest BCUT2D eigenvalue weighted by atomic mass is 9.90. The van der Waals surface area contributed by atoms with E-state index in [1.54, 1.807) is 0 Å². The molecule has 2 aromatic rings. The van der Waals surface area contributed by atoms with Crippen molar-refractivity contribution in [2.24, 2.45) is 5.41 Å². The smallest absolute Gasteiger partial charge is 0.239 e.